The van der Waals surface area contributed by atoms with Crippen molar-refractivity contribution in [3.63, 3.8) is 0 Å². The number of rotatable bonds is 5. The average Bonchev–Trinajstić information content (AvgIpc) is 2.29. The summed E-state index contributed by atoms with van der Waals surface area (Å²) >= 11 is 3.61. The van der Waals surface area contributed by atoms with Crippen LogP contribution in [0.1, 0.15) is 29.7 Å². The predicted molar refractivity (Wildman–Crippen MR) is 64.0 cm³/mol. The van der Waals surface area contributed by atoms with Crippen LogP contribution in [0.3, 0.4) is 0 Å². The normalized spacial score (nSPS) is 12.1. The zero-order valence-electron chi connectivity index (χ0n) is 8.78. The second-order valence-corrected chi connectivity index (χ2v) is 4.45. The Balaban J connectivity index is 2.31. The lowest BCUT2D eigenvalue weighted by atomic mass is 10.1. The summed E-state index contributed by atoms with van der Waals surface area (Å²) in [6, 6.07) is 10.2. The molecule has 0 amide bonds. The molecule has 0 aliphatic rings. The first kappa shape index (κ1) is 12.2. The first-order chi connectivity index (χ1) is 7.24. The van der Waals surface area contributed by atoms with E-state index in [1.165, 1.54) is 12.7 Å². The molecule has 0 heterocycles. The van der Waals surface area contributed by atoms with Gasteiger partial charge in [-0.15, -0.1) is 0 Å². The van der Waals surface area contributed by atoms with Crippen molar-refractivity contribution in [2.24, 2.45) is 0 Å². The van der Waals surface area contributed by atoms with Crippen molar-refractivity contribution in [3.05, 3.63) is 35.9 Å². The molecule has 0 aliphatic heterocycles. The third-order valence-electron chi connectivity index (χ3n) is 2.23. The Hall–Kier alpha value is -0.830. The molecule has 0 saturated heterocycles. The van der Waals surface area contributed by atoms with E-state index >= 15 is 0 Å². The molecule has 0 radical (unpaired) electrons. The zero-order chi connectivity index (χ0) is 11.1. The lowest BCUT2D eigenvalue weighted by Crippen LogP contribution is -2.00. The van der Waals surface area contributed by atoms with Gasteiger partial charge >= 0.3 is 5.97 Å². The van der Waals surface area contributed by atoms with Gasteiger partial charge in [0.2, 0.25) is 0 Å². The number of hydrogen-bond donors (Lipinski definition) is 0. The first-order valence-electron chi connectivity index (χ1n) is 5.00. The highest BCUT2D eigenvalue weighted by Gasteiger charge is 2.08. The summed E-state index contributed by atoms with van der Waals surface area (Å²) in [4.78, 5) is 11.2. The summed E-state index contributed by atoms with van der Waals surface area (Å²) in [5, 5.41) is 0. The topological polar surface area (TPSA) is 26.3 Å². The van der Waals surface area contributed by atoms with E-state index in [2.05, 4.69) is 32.8 Å². The molecule has 0 spiro atoms. The SMILES string of the molecule is COC(=O)CCC[C@H](Br)c1ccccc1. The number of alkyl halides is 1. The molecule has 0 fully saturated rings. The molecule has 1 rings (SSSR count). The van der Waals surface area contributed by atoms with Crippen LogP contribution < -0.4 is 0 Å². The van der Waals surface area contributed by atoms with E-state index in [1.54, 1.807) is 0 Å². The second-order valence-electron chi connectivity index (χ2n) is 3.35. The maximum Gasteiger partial charge on any atom is 0.305 e. The van der Waals surface area contributed by atoms with Crippen molar-refractivity contribution in [1.82, 2.24) is 0 Å². The predicted octanol–water partition coefficient (Wildman–Crippen LogP) is 3.47. The van der Waals surface area contributed by atoms with Gasteiger partial charge in [0, 0.05) is 11.2 Å². The van der Waals surface area contributed by atoms with Gasteiger partial charge in [0.1, 0.15) is 0 Å². The first-order valence-corrected chi connectivity index (χ1v) is 5.91. The molecule has 0 aromatic heterocycles. The number of methoxy groups -OCH3 is 1. The molecular formula is C12H15BrO2. The number of esters is 1. The Labute approximate surface area is 98.8 Å². The van der Waals surface area contributed by atoms with Gasteiger partial charge in [-0.1, -0.05) is 46.3 Å². The standard InChI is InChI=1S/C12H15BrO2/c1-15-12(14)9-5-8-11(13)10-6-3-2-4-7-10/h2-4,6-7,11H,5,8-9H2,1H3/t11-/m0/s1. The van der Waals surface area contributed by atoms with Crippen LogP contribution in [0.2, 0.25) is 0 Å². The Morgan fingerprint density at radius 2 is 2.07 bits per heavy atom. The monoisotopic (exact) mass is 270 g/mol. The number of halogens is 1. The number of hydrogen-bond acceptors (Lipinski definition) is 2. The van der Waals surface area contributed by atoms with Gasteiger partial charge in [0.25, 0.3) is 0 Å². The van der Waals surface area contributed by atoms with Gasteiger partial charge in [0.15, 0.2) is 0 Å². The van der Waals surface area contributed by atoms with Gasteiger partial charge in [-0.2, -0.15) is 0 Å². The van der Waals surface area contributed by atoms with E-state index in [-0.39, 0.29) is 5.97 Å². The van der Waals surface area contributed by atoms with Crippen LogP contribution in [0.4, 0.5) is 0 Å². The van der Waals surface area contributed by atoms with Gasteiger partial charge in [0.05, 0.1) is 7.11 Å². The fraction of sp³-hybridized carbons (Fsp3) is 0.417. The molecular weight excluding hydrogens is 256 g/mol. The van der Waals surface area contributed by atoms with Crippen LogP contribution in [0, 0.1) is 0 Å². The summed E-state index contributed by atoms with van der Waals surface area (Å²) in [6.07, 6.45) is 2.28. The van der Waals surface area contributed by atoms with Crippen molar-refractivity contribution in [1.29, 1.82) is 0 Å². The Morgan fingerprint density at radius 3 is 2.67 bits per heavy atom. The average molecular weight is 271 g/mol. The summed E-state index contributed by atoms with van der Waals surface area (Å²) in [5.74, 6) is -0.136. The Kier molecular flexibility index (Phi) is 5.40. The van der Waals surface area contributed by atoms with E-state index < -0.39 is 0 Å². The van der Waals surface area contributed by atoms with Crippen LogP contribution in [0.15, 0.2) is 30.3 Å². The van der Waals surface area contributed by atoms with Crippen LogP contribution in [-0.2, 0) is 9.53 Å². The highest BCUT2D eigenvalue weighted by Crippen LogP contribution is 2.27. The molecule has 0 aliphatic carbocycles. The van der Waals surface area contributed by atoms with E-state index in [4.69, 9.17) is 0 Å². The second kappa shape index (κ2) is 6.62. The van der Waals surface area contributed by atoms with Crippen LogP contribution in [0.25, 0.3) is 0 Å². The molecule has 0 N–H and O–H groups in total. The minimum absolute atomic E-state index is 0.136. The summed E-state index contributed by atoms with van der Waals surface area (Å²) in [7, 11) is 1.42. The highest BCUT2D eigenvalue weighted by atomic mass is 79.9. The molecule has 2 nitrogen and oxygen atoms in total. The van der Waals surface area contributed by atoms with Gasteiger partial charge in [-0.25, -0.2) is 0 Å². The molecule has 15 heavy (non-hydrogen) atoms. The van der Waals surface area contributed by atoms with Crippen molar-refractivity contribution < 1.29 is 9.53 Å². The molecule has 0 bridgehead atoms. The molecule has 1 aromatic rings. The fourth-order valence-electron chi connectivity index (χ4n) is 1.36. The Morgan fingerprint density at radius 1 is 1.40 bits per heavy atom. The lowest BCUT2D eigenvalue weighted by Gasteiger charge is -2.08. The Bertz CT molecular complexity index is 298. The molecule has 1 aromatic carbocycles. The van der Waals surface area contributed by atoms with Gasteiger partial charge in [-0.05, 0) is 18.4 Å². The van der Waals surface area contributed by atoms with Crippen molar-refractivity contribution in [3.8, 4) is 0 Å². The van der Waals surface area contributed by atoms with E-state index in [0.29, 0.717) is 11.2 Å². The summed E-state index contributed by atoms with van der Waals surface area (Å²) in [5.41, 5.74) is 1.25. The van der Waals surface area contributed by atoms with Gasteiger partial charge in [-0.3, -0.25) is 4.79 Å². The lowest BCUT2D eigenvalue weighted by molar-refractivity contribution is -0.140. The van der Waals surface area contributed by atoms with Crippen molar-refractivity contribution in [2.75, 3.05) is 7.11 Å². The quantitative estimate of drug-likeness (QED) is 0.605. The van der Waals surface area contributed by atoms with Crippen LogP contribution in [-0.4, -0.2) is 13.1 Å². The molecule has 1 atom stereocenters. The highest BCUT2D eigenvalue weighted by molar-refractivity contribution is 9.09. The van der Waals surface area contributed by atoms with E-state index in [0.717, 1.165) is 12.8 Å². The van der Waals surface area contributed by atoms with E-state index in [9.17, 15) is 4.79 Å². The van der Waals surface area contributed by atoms with Gasteiger partial charge < -0.3 is 4.74 Å². The number of ether oxygens (including phenoxy) is 1. The largest absolute Gasteiger partial charge is 0.469 e. The van der Waals surface area contributed by atoms with Crippen LogP contribution in [0.5, 0.6) is 0 Å². The van der Waals surface area contributed by atoms with Crippen molar-refractivity contribution >= 4 is 21.9 Å². The van der Waals surface area contributed by atoms with E-state index in [1.807, 2.05) is 18.2 Å². The zero-order valence-corrected chi connectivity index (χ0v) is 10.4. The molecule has 3 heteroatoms. The molecule has 0 saturated carbocycles. The minimum atomic E-state index is -0.136. The minimum Gasteiger partial charge on any atom is -0.469 e. The number of carbonyl (C=O) groups is 1. The van der Waals surface area contributed by atoms with Crippen molar-refractivity contribution in [2.45, 2.75) is 24.1 Å². The maximum atomic E-state index is 10.9. The molecule has 0 unspecified atom stereocenters. The number of benzene rings is 1. The summed E-state index contributed by atoms with van der Waals surface area (Å²) in [6.45, 7) is 0. The summed E-state index contributed by atoms with van der Waals surface area (Å²) < 4.78 is 4.58. The molecule has 82 valence electrons. The third-order valence-corrected chi connectivity index (χ3v) is 3.21. The fourth-order valence-corrected chi connectivity index (χ4v) is 1.99. The maximum absolute atomic E-state index is 10.9. The smallest absolute Gasteiger partial charge is 0.305 e. The van der Waals surface area contributed by atoms with Crippen LogP contribution >= 0.6 is 15.9 Å². The third kappa shape index (κ3) is 4.47. The number of carbonyl (C=O) groups excluding carboxylic acids is 1.